The third-order valence-corrected chi connectivity index (χ3v) is 2.38. The predicted molar refractivity (Wildman–Crippen MR) is 51.7 cm³/mol. The minimum atomic E-state index is 0.665. The summed E-state index contributed by atoms with van der Waals surface area (Å²) in [6.07, 6.45) is 5.58. The zero-order valence-corrected chi connectivity index (χ0v) is 8.06. The second-order valence-corrected chi connectivity index (χ2v) is 3.15. The Morgan fingerprint density at radius 2 is 2.18 bits per heavy atom. The van der Waals surface area contributed by atoms with Crippen LogP contribution >= 0.6 is 0 Å². The first-order valence-electron chi connectivity index (χ1n) is 4.54. The van der Waals surface area contributed by atoms with E-state index in [1.165, 1.54) is 12.8 Å². The monoisotopic (exact) mass is 155 g/mol. The van der Waals surface area contributed by atoms with Crippen LogP contribution in [0, 0.1) is 5.92 Å². The maximum absolute atomic E-state index is 3.72. The van der Waals surface area contributed by atoms with Gasteiger partial charge in [-0.25, -0.2) is 0 Å². The summed E-state index contributed by atoms with van der Waals surface area (Å²) in [6, 6.07) is 0.665. The standard InChI is InChI=1S/C10H21N/c1-5-7-8-10(11-4)9(3)6-2/h5,9-11H,1,6-8H2,2-4H3. The van der Waals surface area contributed by atoms with Crippen LogP contribution in [0.5, 0.6) is 0 Å². The van der Waals surface area contributed by atoms with E-state index in [0.29, 0.717) is 6.04 Å². The second-order valence-electron chi connectivity index (χ2n) is 3.15. The molecule has 0 aromatic heterocycles. The Labute approximate surface area is 70.9 Å². The maximum Gasteiger partial charge on any atom is 0.00925 e. The molecule has 0 bridgehead atoms. The zero-order chi connectivity index (χ0) is 8.69. The number of nitrogens with one attached hydrogen (secondary N) is 1. The van der Waals surface area contributed by atoms with Gasteiger partial charge in [0.15, 0.2) is 0 Å². The van der Waals surface area contributed by atoms with E-state index in [1.54, 1.807) is 0 Å². The average molecular weight is 155 g/mol. The van der Waals surface area contributed by atoms with Gasteiger partial charge in [-0.1, -0.05) is 26.3 Å². The molecule has 0 amide bonds. The van der Waals surface area contributed by atoms with Gasteiger partial charge in [-0.15, -0.1) is 6.58 Å². The highest BCUT2D eigenvalue weighted by Gasteiger charge is 2.11. The molecular weight excluding hydrogens is 134 g/mol. The predicted octanol–water partition coefficient (Wildman–Crippen LogP) is 2.59. The first-order valence-corrected chi connectivity index (χ1v) is 4.54. The molecule has 0 aliphatic carbocycles. The van der Waals surface area contributed by atoms with E-state index in [2.05, 4.69) is 25.7 Å². The molecule has 66 valence electrons. The fraction of sp³-hybridized carbons (Fsp3) is 0.800. The lowest BCUT2D eigenvalue weighted by atomic mass is 9.95. The zero-order valence-electron chi connectivity index (χ0n) is 8.06. The Balaban J connectivity index is 3.64. The smallest absolute Gasteiger partial charge is 0.00925 e. The first-order chi connectivity index (χ1) is 5.26. The summed E-state index contributed by atoms with van der Waals surface area (Å²) < 4.78 is 0. The Morgan fingerprint density at radius 3 is 2.55 bits per heavy atom. The quantitative estimate of drug-likeness (QED) is 0.581. The normalized spacial score (nSPS) is 15.9. The minimum absolute atomic E-state index is 0.665. The van der Waals surface area contributed by atoms with Crippen molar-refractivity contribution < 1.29 is 0 Å². The molecule has 0 saturated carbocycles. The largest absolute Gasteiger partial charge is 0.317 e. The van der Waals surface area contributed by atoms with Crippen LogP contribution in [0.1, 0.15) is 33.1 Å². The lowest BCUT2D eigenvalue weighted by Crippen LogP contribution is -2.31. The first kappa shape index (κ1) is 10.7. The highest BCUT2D eigenvalue weighted by Crippen LogP contribution is 2.12. The van der Waals surface area contributed by atoms with Crippen LogP contribution in [0.4, 0.5) is 0 Å². The van der Waals surface area contributed by atoms with Crippen LogP contribution in [0.25, 0.3) is 0 Å². The summed E-state index contributed by atoms with van der Waals surface area (Å²) in [4.78, 5) is 0. The van der Waals surface area contributed by atoms with Crippen LogP contribution in [-0.4, -0.2) is 13.1 Å². The molecular formula is C10H21N. The Morgan fingerprint density at radius 1 is 1.55 bits per heavy atom. The fourth-order valence-corrected chi connectivity index (χ4v) is 1.30. The van der Waals surface area contributed by atoms with Crippen LogP contribution < -0.4 is 5.32 Å². The minimum Gasteiger partial charge on any atom is -0.317 e. The van der Waals surface area contributed by atoms with Gasteiger partial charge in [-0.05, 0) is 25.8 Å². The van der Waals surface area contributed by atoms with Crippen molar-refractivity contribution >= 4 is 0 Å². The Hall–Kier alpha value is -0.300. The summed E-state index contributed by atoms with van der Waals surface area (Å²) in [6.45, 7) is 8.26. The van der Waals surface area contributed by atoms with Crippen molar-refractivity contribution in [1.82, 2.24) is 5.32 Å². The molecule has 1 heteroatoms. The molecule has 11 heavy (non-hydrogen) atoms. The summed E-state index contributed by atoms with van der Waals surface area (Å²) in [5.41, 5.74) is 0. The molecule has 1 N–H and O–H groups in total. The van der Waals surface area contributed by atoms with E-state index < -0.39 is 0 Å². The van der Waals surface area contributed by atoms with Gasteiger partial charge in [0.2, 0.25) is 0 Å². The van der Waals surface area contributed by atoms with E-state index in [1.807, 2.05) is 13.1 Å². The highest BCUT2D eigenvalue weighted by molar-refractivity contribution is 4.76. The van der Waals surface area contributed by atoms with Gasteiger partial charge in [0.05, 0.1) is 0 Å². The fourth-order valence-electron chi connectivity index (χ4n) is 1.30. The highest BCUT2D eigenvalue weighted by atomic mass is 14.9. The van der Waals surface area contributed by atoms with Crippen molar-refractivity contribution in [2.24, 2.45) is 5.92 Å². The SMILES string of the molecule is C=CCCC(NC)C(C)CC. The van der Waals surface area contributed by atoms with E-state index >= 15 is 0 Å². The van der Waals surface area contributed by atoms with Crippen molar-refractivity contribution in [3.63, 3.8) is 0 Å². The number of allylic oxidation sites excluding steroid dienone is 1. The van der Waals surface area contributed by atoms with E-state index in [-0.39, 0.29) is 0 Å². The van der Waals surface area contributed by atoms with Gasteiger partial charge in [-0.2, -0.15) is 0 Å². The Bertz CT molecular complexity index is 99.0. The van der Waals surface area contributed by atoms with Gasteiger partial charge in [0.1, 0.15) is 0 Å². The molecule has 1 nitrogen and oxygen atoms in total. The van der Waals surface area contributed by atoms with Crippen molar-refractivity contribution in [3.8, 4) is 0 Å². The summed E-state index contributed by atoms with van der Waals surface area (Å²) >= 11 is 0. The molecule has 0 spiro atoms. The second kappa shape index (κ2) is 6.41. The lowest BCUT2D eigenvalue weighted by molar-refractivity contribution is 0.370. The average Bonchev–Trinajstić information content (AvgIpc) is 2.05. The van der Waals surface area contributed by atoms with Crippen LogP contribution in [0.2, 0.25) is 0 Å². The van der Waals surface area contributed by atoms with Gasteiger partial charge >= 0.3 is 0 Å². The molecule has 0 heterocycles. The van der Waals surface area contributed by atoms with Crippen molar-refractivity contribution in [2.45, 2.75) is 39.2 Å². The molecule has 0 aromatic rings. The molecule has 0 fully saturated rings. The van der Waals surface area contributed by atoms with E-state index in [0.717, 1.165) is 12.3 Å². The molecule has 2 atom stereocenters. The molecule has 0 aliphatic rings. The molecule has 0 rings (SSSR count). The van der Waals surface area contributed by atoms with Crippen LogP contribution in [-0.2, 0) is 0 Å². The van der Waals surface area contributed by atoms with Crippen LogP contribution in [0.15, 0.2) is 12.7 Å². The van der Waals surface area contributed by atoms with Gasteiger partial charge in [-0.3, -0.25) is 0 Å². The van der Waals surface area contributed by atoms with Crippen molar-refractivity contribution in [2.75, 3.05) is 7.05 Å². The maximum atomic E-state index is 3.72. The lowest BCUT2D eigenvalue weighted by Gasteiger charge is -2.21. The van der Waals surface area contributed by atoms with Gasteiger partial charge in [0, 0.05) is 6.04 Å². The van der Waals surface area contributed by atoms with E-state index in [9.17, 15) is 0 Å². The van der Waals surface area contributed by atoms with Crippen LogP contribution in [0.3, 0.4) is 0 Å². The van der Waals surface area contributed by atoms with Crippen molar-refractivity contribution in [3.05, 3.63) is 12.7 Å². The molecule has 0 aromatic carbocycles. The summed E-state index contributed by atoms with van der Waals surface area (Å²) in [7, 11) is 2.04. The van der Waals surface area contributed by atoms with Gasteiger partial charge < -0.3 is 5.32 Å². The van der Waals surface area contributed by atoms with E-state index in [4.69, 9.17) is 0 Å². The summed E-state index contributed by atoms with van der Waals surface area (Å²) in [5, 5.41) is 3.34. The number of hydrogen-bond acceptors (Lipinski definition) is 1. The number of hydrogen-bond donors (Lipinski definition) is 1. The molecule has 2 unspecified atom stereocenters. The molecule has 0 saturated heterocycles. The molecule has 0 aliphatic heterocycles. The third-order valence-electron chi connectivity index (χ3n) is 2.38. The summed E-state index contributed by atoms with van der Waals surface area (Å²) in [5.74, 6) is 0.778. The van der Waals surface area contributed by atoms with Crippen molar-refractivity contribution in [1.29, 1.82) is 0 Å². The number of rotatable bonds is 6. The van der Waals surface area contributed by atoms with Gasteiger partial charge in [0.25, 0.3) is 0 Å². The topological polar surface area (TPSA) is 12.0 Å². The molecule has 0 radical (unpaired) electrons. The third kappa shape index (κ3) is 4.20. The Kier molecular flexibility index (Phi) is 6.24.